The summed E-state index contributed by atoms with van der Waals surface area (Å²) in [5, 5.41) is 17.3. The largest absolute Gasteiger partial charge is 0.484 e. The van der Waals surface area contributed by atoms with E-state index in [9.17, 15) is 4.79 Å². The molecule has 0 aliphatic heterocycles. The lowest BCUT2D eigenvalue weighted by Crippen LogP contribution is -2.37. The highest BCUT2D eigenvalue weighted by Gasteiger charge is 2.13. The summed E-state index contributed by atoms with van der Waals surface area (Å²) in [7, 11) is 1.56. The SMILES string of the molecule is COCCN(CCC#N)C(=O)COc1ccc(C#N)cc1. The normalized spacial score (nSPS) is 9.48. The van der Waals surface area contributed by atoms with Gasteiger partial charge in [-0.2, -0.15) is 10.5 Å². The fraction of sp³-hybridized carbons (Fsp3) is 0.400. The maximum absolute atomic E-state index is 12.0. The van der Waals surface area contributed by atoms with Crippen LogP contribution in [0.15, 0.2) is 24.3 Å². The van der Waals surface area contributed by atoms with E-state index in [-0.39, 0.29) is 18.9 Å². The molecule has 0 aliphatic rings. The van der Waals surface area contributed by atoms with Crippen molar-refractivity contribution in [1.82, 2.24) is 4.90 Å². The number of ether oxygens (including phenoxy) is 2. The number of benzene rings is 1. The number of amides is 1. The number of rotatable bonds is 8. The van der Waals surface area contributed by atoms with E-state index < -0.39 is 0 Å². The summed E-state index contributed by atoms with van der Waals surface area (Å²) in [5.74, 6) is 0.320. The van der Waals surface area contributed by atoms with Crippen molar-refractivity contribution >= 4 is 5.91 Å². The lowest BCUT2D eigenvalue weighted by atomic mass is 10.2. The average Bonchev–Trinajstić information content (AvgIpc) is 2.53. The van der Waals surface area contributed by atoms with E-state index in [2.05, 4.69) is 0 Å². The second-order valence-electron chi connectivity index (χ2n) is 4.21. The maximum Gasteiger partial charge on any atom is 0.260 e. The third-order valence-corrected chi connectivity index (χ3v) is 2.76. The summed E-state index contributed by atoms with van der Waals surface area (Å²) >= 11 is 0. The van der Waals surface area contributed by atoms with Crippen molar-refractivity contribution < 1.29 is 14.3 Å². The molecule has 1 aromatic rings. The Balaban J connectivity index is 2.51. The lowest BCUT2D eigenvalue weighted by molar-refractivity contribution is -0.133. The summed E-state index contributed by atoms with van der Waals surface area (Å²) < 4.78 is 10.3. The molecule has 21 heavy (non-hydrogen) atoms. The lowest BCUT2D eigenvalue weighted by Gasteiger charge is -2.21. The monoisotopic (exact) mass is 287 g/mol. The minimum Gasteiger partial charge on any atom is -0.484 e. The van der Waals surface area contributed by atoms with E-state index in [1.54, 1.807) is 31.4 Å². The van der Waals surface area contributed by atoms with Crippen molar-refractivity contribution in [3.05, 3.63) is 29.8 Å². The first-order valence-corrected chi connectivity index (χ1v) is 6.48. The fourth-order valence-electron chi connectivity index (χ4n) is 1.61. The predicted molar refractivity (Wildman–Crippen MR) is 75.3 cm³/mol. The van der Waals surface area contributed by atoms with Gasteiger partial charge in [0.1, 0.15) is 5.75 Å². The molecule has 0 N–H and O–H groups in total. The molecule has 0 spiro atoms. The topological polar surface area (TPSA) is 86.3 Å². The van der Waals surface area contributed by atoms with Gasteiger partial charge in [-0.1, -0.05) is 0 Å². The van der Waals surface area contributed by atoms with Crippen molar-refractivity contribution in [3.63, 3.8) is 0 Å². The zero-order chi connectivity index (χ0) is 15.5. The average molecular weight is 287 g/mol. The Kier molecular flexibility index (Phi) is 7.34. The van der Waals surface area contributed by atoms with E-state index in [0.717, 1.165) is 0 Å². The first kappa shape index (κ1) is 16.5. The third kappa shape index (κ3) is 5.94. The molecule has 0 aromatic heterocycles. The van der Waals surface area contributed by atoms with Crippen LogP contribution in [0.4, 0.5) is 0 Å². The molecular formula is C15H17N3O3. The van der Waals surface area contributed by atoms with Gasteiger partial charge in [-0.3, -0.25) is 4.79 Å². The number of methoxy groups -OCH3 is 1. The predicted octanol–water partition coefficient (Wildman–Crippen LogP) is 1.33. The highest BCUT2D eigenvalue weighted by molar-refractivity contribution is 5.77. The van der Waals surface area contributed by atoms with Crippen LogP contribution in [0.1, 0.15) is 12.0 Å². The van der Waals surface area contributed by atoms with Gasteiger partial charge in [-0.05, 0) is 24.3 Å². The zero-order valence-electron chi connectivity index (χ0n) is 11.9. The molecule has 0 heterocycles. The van der Waals surface area contributed by atoms with Crippen LogP contribution < -0.4 is 4.74 Å². The zero-order valence-corrected chi connectivity index (χ0v) is 11.9. The Hall–Kier alpha value is -2.57. The summed E-state index contributed by atoms with van der Waals surface area (Å²) in [4.78, 5) is 13.6. The summed E-state index contributed by atoms with van der Waals surface area (Å²) in [5.41, 5.74) is 0.532. The van der Waals surface area contributed by atoms with Gasteiger partial charge in [0, 0.05) is 20.2 Å². The molecule has 0 atom stereocenters. The van der Waals surface area contributed by atoms with Crippen LogP contribution in [-0.2, 0) is 9.53 Å². The van der Waals surface area contributed by atoms with Crippen LogP contribution >= 0.6 is 0 Å². The molecular weight excluding hydrogens is 270 g/mol. The number of hydrogen-bond acceptors (Lipinski definition) is 5. The molecule has 110 valence electrons. The Morgan fingerprint density at radius 3 is 2.52 bits per heavy atom. The molecule has 0 saturated carbocycles. The van der Waals surface area contributed by atoms with Crippen LogP contribution in [0.3, 0.4) is 0 Å². The number of carbonyl (C=O) groups is 1. The van der Waals surface area contributed by atoms with E-state index in [4.69, 9.17) is 20.0 Å². The number of nitrogens with zero attached hydrogens (tertiary/aromatic N) is 3. The minimum absolute atomic E-state index is 0.110. The molecule has 1 rings (SSSR count). The first-order valence-electron chi connectivity index (χ1n) is 6.48. The van der Waals surface area contributed by atoms with E-state index in [1.165, 1.54) is 4.90 Å². The van der Waals surface area contributed by atoms with Crippen molar-refractivity contribution in [1.29, 1.82) is 10.5 Å². The van der Waals surface area contributed by atoms with E-state index in [1.807, 2.05) is 12.1 Å². The number of nitriles is 2. The van der Waals surface area contributed by atoms with Gasteiger partial charge in [-0.25, -0.2) is 0 Å². The molecule has 0 bridgehead atoms. The van der Waals surface area contributed by atoms with Crippen LogP contribution in [0.25, 0.3) is 0 Å². The van der Waals surface area contributed by atoms with Crippen molar-refractivity contribution in [2.45, 2.75) is 6.42 Å². The summed E-state index contributed by atoms with van der Waals surface area (Å²) in [6, 6.07) is 10.5. The molecule has 6 heteroatoms. The molecule has 0 unspecified atom stereocenters. The van der Waals surface area contributed by atoms with Crippen molar-refractivity contribution in [2.24, 2.45) is 0 Å². The number of carbonyl (C=O) groups excluding carboxylic acids is 1. The molecule has 0 radical (unpaired) electrons. The van der Waals surface area contributed by atoms with Gasteiger partial charge in [0.2, 0.25) is 0 Å². The molecule has 1 aromatic carbocycles. The Labute approximate surface area is 124 Å². The Bertz CT molecular complexity index is 529. The summed E-state index contributed by atoms with van der Waals surface area (Å²) in [6.45, 7) is 1.08. The Morgan fingerprint density at radius 1 is 1.24 bits per heavy atom. The molecule has 0 saturated heterocycles. The van der Waals surface area contributed by atoms with Gasteiger partial charge in [-0.15, -0.1) is 0 Å². The Morgan fingerprint density at radius 2 is 1.95 bits per heavy atom. The van der Waals surface area contributed by atoms with Crippen molar-refractivity contribution in [2.75, 3.05) is 33.4 Å². The van der Waals surface area contributed by atoms with Gasteiger partial charge in [0.05, 0.1) is 30.7 Å². The molecule has 6 nitrogen and oxygen atoms in total. The van der Waals surface area contributed by atoms with Gasteiger partial charge >= 0.3 is 0 Å². The standard InChI is InChI=1S/C15H17N3O3/c1-20-10-9-18(8-2-7-16)15(19)12-21-14-5-3-13(11-17)4-6-14/h3-6H,2,8-10,12H2,1H3. The highest BCUT2D eigenvalue weighted by Crippen LogP contribution is 2.11. The quantitative estimate of drug-likeness (QED) is 0.719. The molecule has 1 amide bonds. The second kappa shape index (κ2) is 9.35. The maximum atomic E-state index is 12.0. The smallest absolute Gasteiger partial charge is 0.260 e. The van der Waals surface area contributed by atoms with E-state index in [0.29, 0.717) is 31.0 Å². The minimum atomic E-state index is -0.202. The van der Waals surface area contributed by atoms with Gasteiger partial charge < -0.3 is 14.4 Å². The van der Waals surface area contributed by atoms with Crippen LogP contribution in [0.2, 0.25) is 0 Å². The van der Waals surface area contributed by atoms with Crippen LogP contribution in [0, 0.1) is 22.7 Å². The van der Waals surface area contributed by atoms with Gasteiger partial charge in [0.25, 0.3) is 5.91 Å². The van der Waals surface area contributed by atoms with Crippen LogP contribution in [-0.4, -0.2) is 44.2 Å². The first-order chi connectivity index (χ1) is 10.2. The summed E-state index contributed by atoms with van der Waals surface area (Å²) in [6.07, 6.45) is 0.270. The van der Waals surface area contributed by atoms with Gasteiger partial charge in [0.15, 0.2) is 6.61 Å². The third-order valence-electron chi connectivity index (χ3n) is 2.76. The van der Waals surface area contributed by atoms with Crippen molar-refractivity contribution in [3.8, 4) is 17.9 Å². The molecule has 0 aliphatic carbocycles. The second-order valence-corrected chi connectivity index (χ2v) is 4.21. The number of hydrogen-bond donors (Lipinski definition) is 0. The van der Waals surface area contributed by atoms with E-state index >= 15 is 0 Å². The fourth-order valence-corrected chi connectivity index (χ4v) is 1.61. The highest BCUT2D eigenvalue weighted by atomic mass is 16.5. The van der Waals surface area contributed by atoms with Crippen LogP contribution in [0.5, 0.6) is 5.75 Å². The molecule has 0 fully saturated rings.